The molecule has 0 aromatic heterocycles. The Hall–Kier alpha value is -2.69. The van der Waals surface area contributed by atoms with Crippen LogP contribution in [0.4, 0.5) is 0 Å². The molecule has 0 aliphatic heterocycles. The molecular formula is C29H30P+. The second kappa shape index (κ2) is 9.88. The van der Waals surface area contributed by atoms with Gasteiger partial charge in [-0.25, -0.2) is 0 Å². The van der Waals surface area contributed by atoms with E-state index >= 15 is 0 Å². The van der Waals surface area contributed by atoms with Crippen LogP contribution in [0.15, 0.2) is 121 Å². The lowest BCUT2D eigenvalue weighted by atomic mass is 9.97. The Bertz CT molecular complexity index is 914. The second-order valence-electron chi connectivity index (χ2n) is 7.99. The third-order valence-corrected chi connectivity index (χ3v) is 10.6. The standard InChI is InChI=1S/C29H30P/c1-25(26-16-6-2-7-17-26)15-14-24-30(27-18-8-3-9-19-27,28-20-10-4-11-21-28)29-22-12-5-13-23-29/h2-13,16-23,25H,14-15,24H2,1H3/q+1. The summed E-state index contributed by atoms with van der Waals surface area (Å²) in [6.45, 7) is 2.36. The highest BCUT2D eigenvalue weighted by Crippen LogP contribution is 2.56. The van der Waals surface area contributed by atoms with Crippen molar-refractivity contribution in [2.24, 2.45) is 0 Å². The van der Waals surface area contributed by atoms with Gasteiger partial charge in [0.1, 0.15) is 23.2 Å². The number of hydrogen-bond acceptors (Lipinski definition) is 0. The Labute approximate surface area is 182 Å². The fraction of sp³-hybridized carbons (Fsp3) is 0.172. The van der Waals surface area contributed by atoms with E-state index in [0.29, 0.717) is 5.92 Å². The van der Waals surface area contributed by atoms with Crippen LogP contribution in [0.2, 0.25) is 0 Å². The van der Waals surface area contributed by atoms with Crippen molar-refractivity contribution in [1.82, 2.24) is 0 Å². The normalized spacial score (nSPS) is 12.4. The van der Waals surface area contributed by atoms with Crippen molar-refractivity contribution in [3.8, 4) is 0 Å². The third kappa shape index (κ3) is 4.40. The summed E-state index contributed by atoms with van der Waals surface area (Å²) in [7, 11) is -1.70. The van der Waals surface area contributed by atoms with Gasteiger partial charge >= 0.3 is 0 Å². The first-order valence-electron chi connectivity index (χ1n) is 10.9. The van der Waals surface area contributed by atoms with Gasteiger partial charge in [-0.05, 0) is 60.7 Å². The zero-order valence-electron chi connectivity index (χ0n) is 17.7. The van der Waals surface area contributed by atoms with Crippen LogP contribution in [0.3, 0.4) is 0 Å². The van der Waals surface area contributed by atoms with Crippen LogP contribution in [0.5, 0.6) is 0 Å². The predicted molar refractivity (Wildman–Crippen MR) is 134 cm³/mol. The van der Waals surface area contributed by atoms with Gasteiger partial charge in [0.25, 0.3) is 0 Å². The van der Waals surface area contributed by atoms with Gasteiger partial charge in [-0.3, -0.25) is 0 Å². The van der Waals surface area contributed by atoms with E-state index in [4.69, 9.17) is 0 Å². The van der Waals surface area contributed by atoms with E-state index in [9.17, 15) is 0 Å². The molecule has 0 nitrogen and oxygen atoms in total. The number of benzene rings is 4. The fourth-order valence-electron chi connectivity index (χ4n) is 4.46. The number of hydrogen-bond donors (Lipinski definition) is 0. The van der Waals surface area contributed by atoms with E-state index < -0.39 is 7.26 Å². The molecule has 4 aromatic rings. The smallest absolute Gasteiger partial charge is 0.0622 e. The van der Waals surface area contributed by atoms with Gasteiger partial charge in [0, 0.05) is 0 Å². The largest absolute Gasteiger partial charge is 0.112 e. The molecule has 30 heavy (non-hydrogen) atoms. The van der Waals surface area contributed by atoms with Crippen LogP contribution in [0.25, 0.3) is 0 Å². The van der Waals surface area contributed by atoms with Gasteiger partial charge in [0.15, 0.2) is 0 Å². The van der Waals surface area contributed by atoms with Crippen LogP contribution >= 0.6 is 7.26 Å². The Morgan fingerprint density at radius 2 is 0.900 bits per heavy atom. The molecule has 4 aromatic carbocycles. The van der Waals surface area contributed by atoms with Crippen molar-refractivity contribution < 1.29 is 0 Å². The Kier molecular flexibility index (Phi) is 6.77. The van der Waals surface area contributed by atoms with Crippen molar-refractivity contribution in [2.45, 2.75) is 25.7 Å². The highest BCUT2D eigenvalue weighted by molar-refractivity contribution is 7.95. The third-order valence-electron chi connectivity index (χ3n) is 6.09. The quantitative estimate of drug-likeness (QED) is 0.289. The van der Waals surface area contributed by atoms with E-state index in [1.165, 1.54) is 40.5 Å². The van der Waals surface area contributed by atoms with Crippen LogP contribution in [0.1, 0.15) is 31.2 Å². The van der Waals surface area contributed by atoms with E-state index in [1.54, 1.807) is 0 Å². The Morgan fingerprint density at radius 1 is 0.533 bits per heavy atom. The molecule has 0 amide bonds. The summed E-state index contributed by atoms with van der Waals surface area (Å²) in [4.78, 5) is 0. The first-order chi connectivity index (χ1) is 14.8. The summed E-state index contributed by atoms with van der Waals surface area (Å²) in [5.74, 6) is 0.579. The SMILES string of the molecule is CC(CCC[P+](c1ccccc1)(c1ccccc1)c1ccccc1)c1ccccc1. The summed E-state index contributed by atoms with van der Waals surface area (Å²) in [6.07, 6.45) is 3.61. The van der Waals surface area contributed by atoms with E-state index in [0.717, 1.165) is 0 Å². The lowest BCUT2D eigenvalue weighted by Gasteiger charge is -2.28. The van der Waals surface area contributed by atoms with Gasteiger partial charge in [-0.2, -0.15) is 0 Å². The Balaban J connectivity index is 1.71. The molecule has 4 rings (SSSR count). The molecule has 1 atom stereocenters. The average molecular weight is 410 g/mol. The maximum atomic E-state index is 2.36. The van der Waals surface area contributed by atoms with Crippen LogP contribution in [-0.2, 0) is 0 Å². The maximum Gasteiger partial charge on any atom is 0.112 e. The second-order valence-corrected chi connectivity index (χ2v) is 11.6. The molecule has 150 valence electrons. The minimum Gasteiger partial charge on any atom is -0.0622 e. The summed E-state index contributed by atoms with van der Waals surface area (Å²) in [5.41, 5.74) is 1.44. The molecule has 0 aliphatic carbocycles. The van der Waals surface area contributed by atoms with Gasteiger partial charge in [-0.1, -0.05) is 91.9 Å². The molecule has 1 unspecified atom stereocenters. The van der Waals surface area contributed by atoms with Crippen LogP contribution < -0.4 is 15.9 Å². The summed E-state index contributed by atoms with van der Waals surface area (Å²) >= 11 is 0. The van der Waals surface area contributed by atoms with Crippen molar-refractivity contribution in [2.75, 3.05) is 6.16 Å². The summed E-state index contributed by atoms with van der Waals surface area (Å²) in [6, 6.07) is 44.6. The average Bonchev–Trinajstić information content (AvgIpc) is 2.84. The minimum atomic E-state index is -1.70. The van der Waals surface area contributed by atoms with Gasteiger partial charge in [0.2, 0.25) is 0 Å². The van der Waals surface area contributed by atoms with Crippen LogP contribution in [-0.4, -0.2) is 6.16 Å². The molecule has 0 spiro atoms. The van der Waals surface area contributed by atoms with Gasteiger partial charge in [0.05, 0.1) is 6.16 Å². The molecule has 0 heterocycles. The van der Waals surface area contributed by atoms with E-state index in [1.807, 2.05) is 0 Å². The van der Waals surface area contributed by atoms with Crippen molar-refractivity contribution >= 4 is 23.2 Å². The Morgan fingerprint density at radius 3 is 1.30 bits per heavy atom. The lowest BCUT2D eigenvalue weighted by molar-refractivity contribution is 0.668. The maximum absolute atomic E-state index is 2.36. The molecular weight excluding hydrogens is 379 g/mol. The first-order valence-corrected chi connectivity index (χ1v) is 12.9. The zero-order chi connectivity index (χ0) is 20.7. The van der Waals surface area contributed by atoms with Crippen molar-refractivity contribution in [3.63, 3.8) is 0 Å². The van der Waals surface area contributed by atoms with Gasteiger partial charge in [-0.15, -0.1) is 0 Å². The van der Waals surface area contributed by atoms with E-state index in [2.05, 4.69) is 128 Å². The van der Waals surface area contributed by atoms with Gasteiger partial charge < -0.3 is 0 Å². The van der Waals surface area contributed by atoms with Crippen molar-refractivity contribution in [1.29, 1.82) is 0 Å². The molecule has 0 saturated heterocycles. The predicted octanol–water partition coefficient (Wildman–Crippen LogP) is 6.56. The van der Waals surface area contributed by atoms with Crippen molar-refractivity contribution in [3.05, 3.63) is 127 Å². The summed E-state index contributed by atoms with van der Waals surface area (Å²) < 4.78 is 0. The number of rotatable bonds is 8. The van der Waals surface area contributed by atoms with Crippen LogP contribution in [0, 0.1) is 0 Å². The monoisotopic (exact) mass is 409 g/mol. The molecule has 0 fully saturated rings. The first kappa shape index (κ1) is 20.6. The van der Waals surface area contributed by atoms with E-state index in [-0.39, 0.29) is 0 Å². The molecule has 1 heteroatoms. The highest BCUT2D eigenvalue weighted by Gasteiger charge is 2.44. The zero-order valence-corrected chi connectivity index (χ0v) is 18.6. The molecule has 0 aliphatic rings. The molecule has 0 bridgehead atoms. The summed E-state index contributed by atoms with van der Waals surface area (Å²) in [5, 5.41) is 4.44. The fourth-order valence-corrected chi connectivity index (χ4v) is 8.83. The molecule has 0 radical (unpaired) electrons. The topological polar surface area (TPSA) is 0 Å². The lowest BCUT2D eigenvalue weighted by Crippen LogP contribution is -2.33. The highest BCUT2D eigenvalue weighted by atomic mass is 31.2. The molecule has 0 saturated carbocycles. The minimum absolute atomic E-state index is 0.579. The molecule has 0 N–H and O–H groups in total.